The molecule has 3 nitrogen and oxygen atoms in total. The van der Waals surface area contributed by atoms with Crippen LogP contribution in [0.2, 0.25) is 0 Å². The van der Waals surface area contributed by atoms with E-state index < -0.39 is 9.84 Å². The van der Waals surface area contributed by atoms with Gasteiger partial charge in [0, 0.05) is 17.2 Å². The minimum Gasteiger partial charge on any atom is -0.364 e. The third kappa shape index (κ3) is 1.82. The van der Waals surface area contributed by atoms with E-state index in [0.29, 0.717) is 4.90 Å². The largest absolute Gasteiger partial charge is 0.364 e. The molecule has 2 heterocycles. The lowest BCUT2D eigenvalue weighted by atomic mass is 9.92. The highest BCUT2D eigenvalue weighted by atomic mass is 32.2. The zero-order chi connectivity index (χ0) is 15.8. The first-order valence-electron chi connectivity index (χ1n) is 7.84. The average Bonchev–Trinajstić information content (AvgIpc) is 2.94. The van der Waals surface area contributed by atoms with E-state index >= 15 is 0 Å². The van der Waals surface area contributed by atoms with Crippen molar-refractivity contribution in [3.05, 3.63) is 76.2 Å². The Hall–Kier alpha value is -1.91. The Morgan fingerprint density at radius 1 is 0.913 bits per heavy atom. The van der Waals surface area contributed by atoms with Gasteiger partial charge in [-0.15, -0.1) is 0 Å². The van der Waals surface area contributed by atoms with Crippen LogP contribution in [0.3, 0.4) is 0 Å². The summed E-state index contributed by atoms with van der Waals surface area (Å²) in [5.74, 6) is 0.491. The molecule has 1 saturated heterocycles. The zero-order valence-corrected chi connectivity index (χ0v) is 13.5. The predicted octanol–water partition coefficient (Wildman–Crippen LogP) is 3.72. The molecule has 0 radical (unpaired) electrons. The Morgan fingerprint density at radius 3 is 2.04 bits per heavy atom. The highest BCUT2D eigenvalue weighted by Gasteiger charge is 2.65. The molecule has 0 amide bonds. The second-order valence-corrected chi connectivity index (χ2v) is 8.43. The molecule has 3 aliphatic rings. The van der Waals surface area contributed by atoms with Crippen LogP contribution in [0, 0.1) is 18.8 Å². The molecule has 2 aromatic rings. The van der Waals surface area contributed by atoms with E-state index in [9.17, 15) is 8.42 Å². The van der Waals surface area contributed by atoms with Crippen LogP contribution in [0.4, 0.5) is 0 Å². The van der Waals surface area contributed by atoms with Crippen molar-refractivity contribution in [2.45, 2.75) is 24.0 Å². The molecule has 0 spiro atoms. The van der Waals surface area contributed by atoms with Crippen molar-refractivity contribution in [2.24, 2.45) is 11.8 Å². The summed E-state index contributed by atoms with van der Waals surface area (Å²) < 4.78 is 31.3. The molecule has 2 aliphatic heterocycles. The first kappa shape index (κ1) is 13.5. The third-order valence-corrected chi connectivity index (χ3v) is 6.75. The van der Waals surface area contributed by atoms with Crippen LogP contribution in [0.1, 0.15) is 28.9 Å². The number of aryl methyl sites for hydroxylation is 1. The number of hydrogen-bond donors (Lipinski definition) is 0. The Bertz CT molecular complexity index is 904. The van der Waals surface area contributed by atoms with Gasteiger partial charge < -0.3 is 4.74 Å². The molecule has 2 aromatic carbocycles. The molecule has 4 heteroatoms. The number of hydrogen-bond acceptors (Lipinski definition) is 3. The molecule has 5 rings (SSSR count). The van der Waals surface area contributed by atoms with Crippen LogP contribution in [0.5, 0.6) is 0 Å². The Balaban J connectivity index is 1.50. The van der Waals surface area contributed by atoms with Crippen molar-refractivity contribution in [2.75, 3.05) is 0 Å². The Labute approximate surface area is 135 Å². The second kappa shape index (κ2) is 4.34. The fraction of sp³-hybridized carbons (Fsp3) is 0.263. The SMILES string of the molecule is Cc1ccc(S(=O)(=O)C=C2C3[C@@H]4O[C@@H](c5ccccc54)[C@H]23)cc1. The Kier molecular flexibility index (Phi) is 2.55. The molecule has 2 fully saturated rings. The zero-order valence-electron chi connectivity index (χ0n) is 12.6. The lowest BCUT2D eigenvalue weighted by Gasteiger charge is -2.08. The minimum absolute atomic E-state index is 0.0423. The summed E-state index contributed by atoms with van der Waals surface area (Å²) in [5, 5.41) is 1.49. The van der Waals surface area contributed by atoms with Crippen molar-refractivity contribution in [1.82, 2.24) is 0 Å². The van der Waals surface area contributed by atoms with Gasteiger partial charge in [-0.05, 0) is 35.8 Å². The lowest BCUT2D eigenvalue weighted by Crippen LogP contribution is -1.99. The molecule has 0 N–H and O–H groups in total. The first-order chi connectivity index (χ1) is 11.1. The van der Waals surface area contributed by atoms with Crippen LogP contribution in [0.25, 0.3) is 0 Å². The van der Waals surface area contributed by atoms with E-state index in [2.05, 4.69) is 12.1 Å². The summed E-state index contributed by atoms with van der Waals surface area (Å²) in [6.07, 6.45) is 0.0846. The number of benzene rings is 2. The normalized spacial score (nSPS) is 32.0. The van der Waals surface area contributed by atoms with E-state index in [1.807, 2.05) is 31.2 Å². The molecule has 1 unspecified atom stereocenters. The monoisotopic (exact) mass is 324 g/mol. The molecule has 23 heavy (non-hydrogen) atoms. The van der Waals surface area contributed by atoms with Gasteiger partial charge in [-0.3, -0.25) is 0 Å². The van der Waals surface area contributed by atoms with E-state index in [0.717, 1.165) is 11.1 Å². The maximum atomic E-state index is 12.6. The molecule has 1 aliphatic carbocycles. The standard InChI is InChI=1S/C19H16O3S/c1-11-6-8-12(9-7-11)23(20,21)10-15-16-17(15)19-14-5-3-2-4-13(14)18(16)22-19/h2-10,16-19H,1H3/t16-,17?,18+,19-/m1/s1. The van der Waals surface area contributed by atoms with Crippen molar-refractivity contribution in [1.29, 1.82) is 0 Å². The minimum atomic E-state index is -3.38. The summed E-state index contributed by atoms with van der Waals surface area (Å²) in [6, 6.07) is 15.3. The Morgan fingerprint density at radius 2 is 1.48 bits per heavy atom. The van der Waals surface area contributed by atoms with Gasteiger partial charge in [0.2, 0.25) is 0 Å². The smallest absolute Gasteiger partial charge is 0.199 e. The van der Waals surface area contributed by atoms with E-state index in [1.54, 1.807) is 12.1 Å². The lowest BCUT2D eigenvalue weighted by molar-refractivity contribution is 0.0487. The molecule has 116 valence electrons. The summed E-state index contributed by atoms with van der Waals surface area (Å²) in [4.78, 5) is 0.367. The highest BCUT2D eigenvalue weighted by molar-refractivity contribution is 7.94. The third-order valence-electron chi connectivity index (χ3n) is 5.24. The topological polar surface area (TPSA) is 43.4 Å². The van der Waals surface area contributed by atoms with E-state index in [1.165, 1.54) is 16.5 Å². The fourth-order valence-electron chi connectivity index (χ4n) is 4.07. The summed E-state index contributed by atoms with van der Waals surface area (Å²) in [5.41, 5.74) is 4.55. The molecule has 2 bridgehead atoms. The van der Waals surface area contributed by atoms with Gasteiger partial charge >= 0.3 is 0 Å². The molecule has 4 atom stereocenters. The van der Waals surface area contributed by atoms with Gasteiger partial charge in [-0.2, -0.15) is 0 Å². The van der Waals surface area contributed by atoms with Crippen LogP contribution in [-0.2, 0) is 14.6 Å². The van der Waals surface area contributed by atoms with Crippen molar-refractivity contribution in [3.63, 3.8) is 0 Å². The molecular weight excluding hydrogens is 308 g/mol. The maximum absolute atomic E-state index is 12.6. The molecule has 0 aromatic heterocycles. The van der Waals surface area contributed by atoms with Gasteiger partial charge in [0.05, 0.1) is 17.1 Å². The number of ether oxygens (including phenoxy) is 1. The van der Waals surface area contributed by atoms with E-state index in [4.69, 9.17) is 4.74 Å². The second-order valence-electron chi connectivity index (χ2n) is 6.63. The highest BCUT2D eigenvalue weighted by Crippen LogP contribution is 2.72. The maximum Gasteiger partial charge on any atom is 0.199 e. The average molecular weight is 324 g/mol. The van der Waals surface area contributed by atoms with E-state index in [-0.39, 0.29) is 24.0 Å². The van der Waals surface area contributed by atoms with Gasteiger partial charge in [0.25, 0.3) is 0 Å². The quantitative estimate of drug-likeness (QED) is 0.845. The van der Waals surface area contributed by atoms with Crippen LogP contribution in [-0.4, -0.2) is 8.42 Å². The number of sulfone groups is 1. The summed E-state index contributed by atoms with van der Waals surface area (Å²) in [7, 11) is -3.38. The summed E-state index contributed by atoms with van der Waals surface area (Å²) >= 11 is 0. The fourth-order valence-corrected chi connectivity index (χ4v) is 5.40. The van der Waals surface area contributed by atoms with Gasteiger partial charge in [0.15, 0.2) is 9.84 Å². The van der Waals surface area contributed by atoms with Gasteiger partial charge in [-0.1, -0.05) is 42.0 Å². The first-order valence-corrected chi connectivity index (χ1v) is 9.38. The van der Waals surface area contributed by atoms with Gasteiger partial charge in [0.1, 0.15) is 0 Å². The number of fused-ring (bicyclic) bond motifs is 8. The van der Waals surface area contributed by atoms with Crippen LogP contribution in [0.15, 0.2) is 64.4 Å². The van der Waals surface area contributed by atoms with Crippen molar-refractivity contribution < 1.29 is 13.2 Å². The van der Waals surface area contributed by atoms with Gasteiger partial charge in [-0.25, -0.2) is 8.42 Å². The van der Waals surface area contributed by atoms with Crippen molar-refractivity contribution >= 4 is 9.84 Å². The predicted molar refractivity (Wildman–Crippen MR) is 86.4 cm³/mol. The van der Waals surface area contributed by atoms with Crippen LogP contribution < -0.4 is 0 Å². The number of rotatable bonds is 2. The molecular formula is C19H16O3S. The van der Waals surface area contributed by atoms with Crippen LogP contribution >= 0.6 is 0 Å². The van der Waals surface area contributed by atoms with Crippen molar-refractivity contribution in [3.8, 4) is 0 Å². The molecule has 1 saturated carbocycles. The summed E-state index contributed by atoms with van der Waals surface area (Å²) in [6.45, 7) is 1.95.